The molecule has 1 nitrogen and oxygen atoms in total. The molecule has 0 saturated carbocycles. The van der Waals surface area contributed by atoms with Gasteiger partial charge in [0, 0.05) is 17.8 Å². The van der Waals surface area contributed by atoms with E-state index < -0.39 is 0 Å². The van der Waals surface area contributed by atoms with Crippen molar-refractivity contribution in [2.45, 2.75) is 6.42 Å². The molecule has 1 aromatic carbocycles. The molecule has 1 aromatic heterocycles. The molecule has 0 aliphatic rings. The third-order valence-electron chi connectivity index (χ3n) is 2.30. The Morgan fingerprint density at radius 3 is 3.00 bits per heavy atom. The maximum absolute atomic E-state index is 4.10. The molecule has 0 bridgehead atoms. The summed E-state index contributed by atoms with van der Waals surface area (Å²) in [6.07, 6.45) is 7.05. The number of rotatable bonds is 3. The van der Waals surface area contributed by atoms with E-state index >= 15 is 0 Å². The Morgan fingerprint density at radius 1 is 1.21 bits per heavy atom. The van der Waals surface area contributed by atoms with Crippen molar-refractivity contribution < 1.29 is 0 Å². The van der Waals surface area contributed by atoms with Crippen LogP contribution in [0.5, 0.6) is 0 Å². The van der Waals surface area contributed by atoms with E-state index in [1.807, 2.05) is 24.2 Å². The average molecular weight is 203 g/mol. The predicted octanol–water partition coefficient (Wildman–Crippen LogP) is 3.14. The molecule has 0 spiro atoms. The third kappa shape index (κ3) is 2.07. The van der Waals surface area contributed by atoms with Gasteiger partial charge < -0.3 is 0 Å². The summed E-state index contributed by atoms with van der Waals surface area (Å²) in [4.78, 5) is 4.10. The highest BCUT2D eigenvalue weighted by Gasteiger charge is 1.95. The van der Waals surface area contributed by atoms with Crippen molar-refractivity contribution in [1.29, 1.82) is 0 Å². The Hall–Kier alpha value is -1.02. The number of hydrogen-bond donors (Lipinski definition) is 0. The fourth-order valence-corrected chi connectivity index (χ4v) is 1.95. The summed E-state index contributed by atoms with van der Waals surface area (Å²) in [5, 5.41) is 2.51. The van der Waals surface area contributed by atoms with Gasteiger partial charge in [-0.05, 0) is 35.4 Å². The molecule has 0 aliphatic heterocycles. The number of pyridine rings is 1. The Bertz CT molecular complexity index is 425. The lowest BCUT2D eigenvalue weighted by atomic mass is 10.1. The molecule has 0 unspecified atom stereocenters. The van der Waals surface area contributed by atoms with Crippen LogP contribution in [0.3, 0.4) is 0 Å². The Kier molecular flexibility index (Phi) is 3.04. The molecule has 0 amide bonds. The zero-order valence-electron chi connectivity index (χ0n) is 8.23. The van der Waals surface area contributed by atoms with Crippen LogP contribution in [0.25, 0.3) is 10.8 Å². The monoisotopic (exact) mass is 203 g/mol. The molecule has 0 fully saturated rings. The summed E-state index contributed by atoms with van der Waals surface area (Å²) in [6.45, 7) is 0. The van der Waals surface area contributed by atoms with Gasteiger partial charge in [-0.1, -0.05) is 18.2 Å². The summed E-state index contributed by atoms with van der Waals surface area (Å²) in [5.41, 5.74) is 1.41. The van der Waals surface area contributed by atoms with E-state index in [1.54, 1.807) is 0 Å². The molecule has 14 heavy (non-hydrogen) atoms. The first kappa shape index (κ1) is 9.53. The van der Waals surface area contributed by atoms with E-state index in [1.165, 1.54) is 22.1 Å². The maximum atomic E-state index is 4.10. The van der Waals surface area contributed by atoms with E-state index in [0.29, 0.717) is 0 Å². The van der Waals surface area contributed by atoms with Crippen LogP contribution in [0.2, 0.25) is 0 Å². The largest absolute Gasteiger partial charge is 0.264 e. The van der Waals surface area contributed by atoms with Gasteiger partial charge in [0.25, 0.3) is 0 Å². The Morgan fingerprint density at radius 2 is 2.14 bits per heavy atom. The maximum Gasteiger partial charge on any atom is 0.0346 e. The van der Waals surface area contributed by atoms with E-state index in [4.69, 9.17) is 0 Å². The number of hydrogen-bond acceptors (Lipinski definition) is 2. The van der Waals surface area contributed by atoms with Gasteiger partial charge in [0.2, 0.25) is 0 Å². The molecule has 2 heteroatoms. The second kappa shape index (κ2) is 4.47. The number of benzene rings is 1. The lowest BCUT2D eigenvalue weighted by Crippen LogP contribution is -1.87. The van der Waals surface area contributed by atoms with Crippen LogP contribution in [-0.4, -0.2) is 17.0 Å². The van der Waals surface area contributed by atoms with Crippen molar-refractivity contribution in [3.05, 3.63) is 42.2 Å². The molecule has 0 saturated heterocycles. The molecular formula is C12H13NS. The minimum Gasteiger partial charge on any atom is -0.264 e. The fraction of sp³-hybridized carbons (Fsp3) is 0.250. The molecule has 0 radical (unpaired) electrons. The fourth-order valence-electron chi connectivity index (χ4n) is 1.51. The Balaban J connectivity index is 2.32. The molecule has 1 heterocycles. The average Bonchev–Trinajstić information content (AvgIpc) is 2.26. The Labute approximate surface area is 88.6 Å². The smallest absolute Gasteiger partial charge is 0.0346 e. The van der Waals surface area contributed by atoms with Crippen LogP contribution in [-0.2, 0) is 6.42 Å². The highest BCUT2D eigenvalue weighted by Crippen LogP contribution is 2.15. The minimum absolute atomic E-state index is 1.15. The molecule has 0 atom stereocenters. The molecule has 72 valence electrons. The van der Waals surface area contributed by atoms with Crippen LogP contribution >= 0.6 is 11.8 Å². The first-order valence-electron chi connectivity index (χ1n) is 4.72. The first-order chi connectivity index (χ1) is 6.90. The van der Waals surface area contributed by atoms with Gasteiger partial charge >= 0.3 is 0 Å². The summed E-state index contributed by atoms with van der Waals surface area (Å²) < 4.78 is 0. The van der Waals surface area contributed by atoms with E-state index in [0.717, 1.165) is 6.42 Å². The summed E-state index contributed by atoms with van der Waals surface area (Å²) in [6, 6.07) is 8.67. The number of aromatic nitrogens is 1. The van der Waals surface area contributed by atoms with Crippen molar-refractivity contribution >= 4 is 22.5 Å². The van der Waals surface area contributed by atoms with Gasteiger partial charge in [-0.25, -0.2) is 0 Å². The van der Waals surface area contributed by atoms with Gasteiger partial charge in [-0.2, -0.15) is 11.8 Å². The van der Waals surface area contributed by atoms with Crippen LogP contribution in [0.1, 0.15) is 5.56 Å². The number of fused-ring (bicyclic) bond motifs is 1. The van der Waals surface area contributed by atoms with Crippen molar-refractivity contribution in [3.8, 4) is 0 Å². The quantitative estimate of drug-likeness (QED) is 0.760. The lowest BCUT2D eigenvalue weighted by Gasteiger charge is -2.01. The number of nitrogens with zero attached hydrogens (tertiary/aromatic N) is 1. The zero-order chi connectivity index (χ0) is 9.80. The lowest BCUT2D eigenvalue weighted by molar-refractivity contribution is 1.16. The number of aryl methyl sites for hydroxylation is 1. The summed E-state index contributed by atoms with van der Waals surface area (Å²) in [5.74, 6) is 1.19. The molecule has 2 aromatic rings. The van der Waals surface area contributed by atoms with Crippen LogP contribution in [0.4, 0.5) is 0 Å². The van der Waals surface area contributed by atoms with Crippen molar-refractivity contribution in [2.75, 3.05) is 12.0 Å². The van der Waals surface area contributed by atoms with E-state index in [-0.39, 0.29) is 0 Å². The van der Waals surface area contributed by atoms with E-state index in [2.05, 4.69) is 35.5 Å². The highest BCUT2D eigenvalue weighted by atomic mass is 32.2. The second-order valence-electron chi connectivity index (χ2n) is 3.30. The van der Waals surface area contributed by atoms with E-state index in [9.17, 15) is 0 Å². The minimum atomic E-state index is 1.15. The van der Waals surface area contributed by atoms with Gasteiger partial charge in [0.05, 0.1) is 0 Å². The topological polar surface area (TPSA) is 12.9 Å². The number of thioether (sulfide) groups is 1. The molecular weight excluding hydrogens is 190 g/mol. The summed E-state index contributed by atoms with van der Waals surface area (Å²) >= 11 is 1.89. The third-order valence-corrected chi connectivity index (χ3v) is 2.91. The summed E-state index contributed by atoms with van der Waals surface area (Å²) in [7, 11) is 0. The standard InChI is InChI=1S/C12H13NS/c1-14-7-5-10-2-3-12-9-13-6-4-11(12)8-10/h2-4,6,8-9H,5,7H2,1H3. The highest BCUT2D eigenvalue weighted by molar-refractivity contribution is 7.98. The van der Waals surface area contributed by atoms with Crippen LogP contribution < -0.4 is 0 Å². The van der Waals surface area contributed by atoms with Crippen LogP contribution in [0, 0.1) is 0 Å². The van der Waals surface area contributed by atoms with Crippen LogP contribution in [0.15, 0.2) is 36.7 Å². The van der Waals surface area contributed by atoms with Crippen molar-refractivity contribution in [3.63, 3.8) is 0 Å². The van der Waals surface area contributed by atoms with Gasteiger partial charge in [0.1, 0.15) is 0 Å². The normalized spacial score (nSPS) is 10.6. The second-order valence-corrected chi connectivity index (χ2v) is 4.29. The van der Waals surface area contributed by atoms with Crippen molar-refractivity contribution in [2.24, 2.45) is 0 Å². The van der Waals surface area contributed by atoms with Gasteiger partial charge in [-0.3, -0.25) is 4.98 Å². The predicted molar refractivity (Wildman–Crippen MR) is 63.8 cm³/mol. The van der Waals surface area contributed by atoms with Crippen molar-refractivity contribution in [1.82, 2.24) is 4.98 Å². The first-order valence-corrected chi connectivity index (χ1v) is 6.11. The molecule has 2 rings (SSSR count). The molecule has 0 N–H and O–H groups in total. The molecule has 0 aliphatic carbocycles. The zero-order valence-corrected chi connectivity index (χ0v) is 9.05. The van der Waals surface area contributed by atoms with Gasteiger partial charge in [0.15, 0.2) is 0 Å². The SMILES string of the molecule is CSCCc1ccc2cnccc2c1. The van der Waals surface area contributed by atoms with Gasteiger partial charge in [-0.15, -0.1) is 0 Å².